The van der Waals surface area contributed by atoms with Crippen LogP contribution in [0.5, 0.6) is 34.5 Å². The Balaban J connectivity index is 0.882. The molecule has 322 valence electrons. The van der Waals surface area contributed by atoms with Crippen molar-refractivity contribution >= 4 is 23.9 Å². The second-order valence-electron chi connectivity index (χ2n) is 14.7. The molecule has 0 bridgehead atoms. The van der Waals surface area contributed by atoms with Gasteiger partial charge in [0.15, 0.2) is 0 Å². The van der Waals surface area contributed by atoms with E-state index in [1.54, 1.807) is 121 Å². The van der Waals surface area contributed by atoms with Crippen molar-refractivity contribution in [3.8, 4) is 56.8 Å². The molecule has 0 N–H and O–H groups in total. The maximum Gasteiger partial charge on any atom is 0.343 e. The fraction of sp³-hybridized carbons (Fsp3) is 0.148. The summed E-state index contributed by atoms with van der Waals surface area (Å²) in [6, 6.07) is 48.3. The molecule has 0 unspecified atom stereocenters. The van der Waals surface area contributed by atoms with Crippen molar-refractivity contribution in [3.05, 3.63) is 192 Å². The van der Waals surface area contributed by atoms with Crippen LogP contribution in [0.15, 0.2) is 170 Å². The van der Waals surface area contributed by atoms with Crippen LogP contribution in [0.4, 0.5) is 0 Å². The average Bonchev–Trinajstić information content (AvgIpc) is 3.33. The maximum absolute atomic E-state index is 12.9. The second kappa shape index (κ2) is 21.7. The van der Waals surface area contributed by atoms with E-state index >= 15 is 0 Å². The van der Waals surface area contributed by atoms with Gasteiger partial charge in [-0.1, -0.05) is 69.2 Å². The molecule has 7 aromatic rings. The quantitative estimate of drug-likeness (QED) is 0.0468. The van der Waals surface area contributed by atoms with E-state index in [0.717, 1.165) is 47.9 Å². The second-order valence-corrected chi connectivity index (χ2v) is 14.7. The third-order valence-electron chi connectivity index (χ3n) is 9.97. The molecule has 7 rings (SSSR count). The van der Waals surface area contributed by atoms with E-state index in [2.05, 4.69) is 13.8 Å². The maximum atomic E-state index is 12.9. The smallest absolute Gasteiger partial charge is 0.343 e. The van der Waals surface area contributed by atoms with Crippen molar-refractivity contribution in [2.24, 2.45) is 0 Å². The number of unbranched alkanes of at least 4 members (excludes halogenated alkanes) is 2. The molecule has 10 heteroatoms. The molecule has 0 radical (unpaired) electrons. The van der Waals surface area contributed by atoms with Crippen LogP contribution >= 0.6 is 0 Å². The van der Waals surface area contributed by atoms with E-state index in [4.69, 9.17) is 28.4 Å². The summed E-state index contributed by atoms with van der Waals surface area (Å²) in [6.45, 7) is 5.42. The summed E-state index contributed by atoms with van der Waals surface area (Å²) < 4.78 is 33.5. The molecule has 0 aliphatic rings. The highest BCUT2D eigenvalue weighted by Crippen LogP contribution is 2.30. The molecule has 0 fully saturated rings. The zero-order valence-corrected chi connectivity index (χ0v) is 35.5. The van der Waals surface area contributed by atoms with Crippen molar-refractivity contribution in [3.63, 3.8) is 0 Å². The Hall–Kier alpha value is -7.98. The predicted octanol–water partition coefficient (Wildman–Crippen LogP) is 12.3. The lowest BCUT2D eigenvalue weighted by Gasteiger charge is -2.10. The molecule has 0 aromatic heterocycles. The minimum absolute atomic E-state index is 0.295. The zero-order valence-electron chi connectivity index (χ0n) is 35.5. The molecule has 0 amide bonds. The van der Waals surface area contributed by atoms with Crippen molar-refractivity contribution in [1.82, 2.24) is 0 Å². The number of esters is 4. The lowest BCUT2D eigenvalue weighted by Crippen LogP contribution is -2.10. The minimum Gasteiger partial charge on any atom is -0.494 e. The molecule has 10 nitrogen and oxygen atoms in total. The molecule has 0 saturated heterocycles. The number of benzene rings is 7. The lowest BCUT2D eigenvalue weighted by molar-refractivity contribution is 0.0720. The zero-order chi connectivity index (χ0) is 44.7. The van der Waals surface area contributed by atoms with E-state index in [-0.39, 0.29) is 0 Å². The number of carbonyl (C=O) groups excluding carboxylic acids is 4. The highest BCUT2D eigenvalue weighted by Gasteiger charge is 2.15. The summed E-state index contributed by atoms with van der Waals surface area (Å²) in [5.74, 6) is 0.571. The molecule has 0 spiro atoms. The van der Waals surface area contributed by atoms with Crippen molar-refractivity contribution in [2.45, 2.75) is 39.5 Å². The van der Waals surface area contributed by atoms with Crippen LogP contribution in [0.2, 0.25) is 0 Å². The third-order valence-corrected chi connectivity index (χ3v) is 9.97. The highest BCUT2D eigenvalue weighted by molar-refractivity contribution is 5.94. The van der Waals surface area contributed by atoms with E-state index < -0.39 is 23.9 Å². The Bertz CT molecular complexity index is 2470. The van der Waals surface area contributed by atoms with Gasteiger partial charge >= 0.3 is 23.9 Å². The van der Waals surface area contributed by atoms with Crippen LogP contribution in [-0.2, 0) is 0 Å². The fourth-order valence-corrected chi connectivity index (χ4v) is 6.33. The Labute approximate surface area is 371 Å². The van der Waals surface area contributed by atoms with Crippen LogP contribution in [0, 0.1) is 0 Å². The van der Waals surface area contributed by atoms with E-state index in [1.807, 2.05) is 48.5 Å². The Kier molecular flexibility index (Phi) is 14.9. The molecule has 0 aliphatic carbocycles. The van der Waals surface area contributed by atoms with Crippen molar-refractivity contribution < 1.29 is 47.6 Å². The highest BCUT2D eigenvalue weighted by atomic mass is 16.5. The molecule has 0 saturated carbocycles. The summed E-state index contributed by atoms with van der Waals surface area (Å²) in [5.41, 5.74) is 5.09. The molecule has 7 aromatic carbocycles. The van der Waals surface area contributed by atoms with Gasteiger partial charge < -0.3 is 28.4 Å². The van der Waals surface area contributed by atoms with Crippen LogP contribution in [-0.4, -0.2) is 37.1 Å². The Morgan fingerprint density at radius 2 is 0.594 bits per heavy atom. The van der Waals surface area contributed by atoms with Gasteiger partial charge in [-0.05, 0) is 162 Å². The van der Waals surface area contributed by atoms with Gasteiger partial charge in [0.1, 0.15) is 34.5 Å². The number of ether oxygens (including phenoxy) is 6. The van der Waals surface area contributed by atoms with E-state index in [0.29, 0.717) is 70.0 Å². The molecular weight excluding hydrogens is 809 g/mol. The number of carbonyl (C=O) groups is 4. The van der Waals surface area contributed by atoms with Gasteiger partial charge in [0.05, 0.1) is 35.5 Å². The largest absolute Gasteiger partial charge is 0.494 e. The third kappa shape index (κ3) is 12.1. The summed E-state index contributed by atoms with van der Waals surface area (Å²) in [6.07, 6.45) is 3.98. The SMILES string of the molecule is CCCCOc1ccc(C(=O)Oc2ccc(C(=O)Oc3ccc(-c4cccc(-c5ccc(OC(=O)c6ccc(OC(=O)c7ccc(OCCCC)cc7)cc6)cc5)c4)cc3)cc2)cc1. The first-order chi connectivity index (χ1) is 31.2. The minimum atomic E-state index is -0.553. The standard InChI is InChI=1S/C54H46O10/c1-3-5-34-59-45-22-14-39(15-23-45)51(55)63-49-30-18-41(19-31-49)53(57)61-47-26-10-37(11-27-47)43-8-7-9-44(36-43)38-12-28-48(29-13-38)62-54(58)42-20-32-50(33-21-42)64-52(56)40-16-24-46(25-17-40)60-35-6-4-2/h7-33,36H,3-6,34-35H2,1-2H3. The van der Waals surface area contributed by atoms with Crippen molar-refractivity contribution in [1.29, 1.82) is 0 Å². The van der Waals surface area contributed by atoms with Crippen LogP contribution in [0.25, 0.3) is 22.3 Å². The molecule has 64 heavy (non-hydrogen) atoms. The summed E-state index contributed by atoms with van der Waals surface area (Å²) in [4.78, 5) is 51.2. The van der Waals surface area contributed by atoms with Crippen LogP contribution < -0.4 is 28.4 Å². The summed E-state index contributed by atoms with van der Waals surface area (Å²) in [5, 5.41) is 0. The number of rotatable bonds is 18. The first-order valence-electron chi connectivity index (χ1n) is 21.1. The summed E-state index contributed by atoms with van der Waals surface area (Å²) in [7, 11) is 0. The molecule has 0 heterocycles. The molecule has 0 atom stereocenters. The average molecular weight is 855 g/mol. The first-order valence-corrected chi connectivity index (χ1v) is 21.1. The monoisotopic (exact) mass is 854 g/mol. The van der Waals surface area contributed by atoms with Gasteiger partial charge in [0.2, 0.25) is 0 Å². The fourth-order valence-electron chi connectivity index (χ4n) is 6.33. The number of hydrogen-bond acceptors (Lipinski definition) is 10. The molecular formula is C54H46O10. The Morgan fingerprint density at radius 3 is 0.875 bits per heavy atom. The van der Waals surface area contributed by atoms with Gasteiger partial charge in [-0.25, -0.2) is 19.2 Å². The Morgan fingerprint density at radius 1 is 0.328 bits per heavy atom. The topological polar surface area (TPSA) is 124 Å². The molecule has 0 aliphatic heterocycles. The number of hydrogen-bond donors (Lipinski definition) is 0. The van der Waals surface area contributed by atoms with Crippen molar-refractivity contribution in [2.75, 3.05) is 13.2 Å². The van der Waals surface area contributed by atoms with Gasteiger partial charge in [-0.3, -0.25) is 0 Å². The van der Waals surface area contributed by atoms with E-state index in [1.165, 1.54) is 0 Å². The van der Waals surface area contributed by atoms with Crippen LogP contribution in [0.3, 0.4) is 0 Å². The first kappa shape index (κ1) is 44.1. The van der Waals surface area contributed by atoms with E-state index in [9.17, 15) is 19.2 Å². The van der Waals surface area contributed by atoms with Gasteiger partial charge in [0, 0.05) is 0 Å². The van der Waals surface area contributed by atoms with Gasteiger partial charge in [-0.15, -0.1) is 0 Å². The van der Waals surface area contributed by atoms with Gasteiger partial charge in [0.25, 0.3) is 0 Å². The summed E-state index contributed by atoms with van der Waals surface area (Å²) >= 11 is 0. The predicted molar refractivity (Wildman–Crippen MR) is 244 cm³/mol. The lowest BCUT2D eigenvalue weighted by atomic mass is 9.99. The van der Waals surface area contributed by atoms with Gasteiger partial charge in [-0.2, -0.15) is 0 Å². The van der Waals surface area contributed by atoms with Crippen LogP contribution in [0.1, 0.15) is 81.0 Å². The normalized spacial score (nSPS) is 10.7.